The number of aryl methyl sites for hydroxylation is 2. The molecule has 0 atom stereocenters. The van der Waals surface area contributed by atoms with E-state index in [1.807, 2.05) is 44.2 Å². The van der Waals surface area contributed by atoms with Gasteiger partial charge in [0.05, 0.1) is 31.7 Å². The molecule has 3 rings (SSSR count). The summed E-state index contributed by atoms with van der Waals surface area (Å²) in [6.45, 7) is 3.85. The van der Waals surface area contributed by atoms with Gasteiger partial charge >= 0.3 is 0 Å². The summed E-state index contributed by atoms with van der Waals surface area (Å²) in [4.78, 5) is 25.6. The maximum atomic E-state index is 12.8. The quantitative estimate of drug-likeness (QED) is 0.430. The molecule has 7 heteroatoms. The van der Waals surface area contributed by atoms with Gasteiger partial charge in [0.1, 0.15) is 0 Å². The van der Waals surface area contributed by atoms with Gasteiger partial charge < -0.3 is 14.8 Å². The van der Waals surface area contributed by atoms with Crippen LogP contribution in [0.4, 0.5) is 5.69 Å². The highest BCUT2D eigenvalue weighted by atomic mass is 16.5. The van der Waals surface area contributed by atoms with Gasteiger partial charge in [-0.3, -0.25) is 9.59 Å². The lowest BCUT2D eigenvalue weighted by Crippen LogP contribution is -2.21. The molecule has 7 nitrogen and oxygen atoms in total. The normalized spacial score (nSPS) is 10.6. The van der Waals surface area contributed by atoms with E-state index in [9.17, 15) is 9.59 Å². The average molecular weight is 431 g/mol. The molecule has 0 aliphatic heterocycles. The third kappa shape index (κ3) is 5.51. The number of hydrogen-bond donors (Lipinski definition) is 2. The van der Waals surface area contributed by atoms with Gasteiger partial charge in [0.2, 0.25) is 0 Å². The summed E-state index contributed by atoms with van der Waals surface area (Å²) in [6, 6.07) is 17.8. The third-order valence-electron chi connectivity index (χ3n) is 4.74. The van der Waals surface area contributed by atoms with E-state index in [2.05, 4.69) is 15.8 Å². The molecule has 0 aromatic heterocycles. The van der Waals surface area contributed by atoms with E-state index in [1.165, 1.54) is 14.2 Å². The summed E-state index contributed by atoms with van der Waals surface area (Å²) in [5.41, 5.74) is 6.42. The highest BCUT2D eigenvalue weighted by Gasteiger charge is 2.16. The number of hydrazone groups is 1. The molecule has 32 heavy (non-hydrogen) atoms. The first-order valence-electron chi connectivity index (χ1n) is 9.95. The first-order chi connectivity index (χ1) is 15.4. The van der Waals surface area contributed by atoms with Gasteiger partial charge in [0.25, 0.3) is 11.8 Å². The monoisotopic (exact) mass is 431 g/mol. The molecular weight excluding hydrogens is 406 g/mol. The molecule has 0 fully saturated rings. The van der Waals surface area contributed by atoms with Crippen molar-refractivity contribution in [2.45, 2.75) is 13.8 Å². The van der Waals surface area contributed by atoms with E-state index in [1.54, 1.807) is 36.5 Å². The van der Waals surface area contributed by atoms with Crippen LogP contribution in [0.15, 0.2) is 65.8 Å². The number of carbonyl (C=O) groups is 2. The first kappa shape index (κ1) is 22.6. The van der Waals surface area contributed by atoms with Crippen molar-refractivity contribution in [2.24, 2.45) is 5.10 Å². The van der Waals surface area contributed by atoms with E-state index < -0.39 is 5.91 Å². The Labute approximate surface area is 187 Å². The van der Waals surface area contributed by atoms with Gasteiger partial charge in [-0.15, -0.1) is 0 Å². The van der Waals surface area contributed by atoms with Gasteiger partial charge in [-0.2, -0.15) is 5.10 Å². The number of hydrogen-bond acceptors (Lipinski definition) is 5. The number of nitrogens with zero attached hydrogens (tertiary/aromatic N) is 1. The fourth-order valence-electron chi connectivity index (χ4n) is 3.10. The molecule has 0 aliphatic carbocycles. The molecular formula is C25H25N3O4. The number of anilines is 1. The van der Waals surface area contributed by atoms with Crippen molar-refractivity contribution < 1.29 is 19.1 Å². The maximum absolute atomic E-state index is 12.8. The summed E-state index contributed by atoms with van der Waals surface area (Å²) in [5.74, 6) is 0.144. The van der Waals surface area contributed by atoms with E-state index in [-0.39, 0.29) is 5.91 Å². The number of ether oxygens (including phenoxy) is 2. The Morgan fingerprint density at radius 3 is 2.31 bits per heavy atom. The largest absolute Gasteiger partial charge is 0.493 e. The minimum Gasteiger partial charge on any atom is -0.493 e. The van der Waals surface area contributed by atoms with Crippen molar-refractivity contribution in [2.75, 3.05) is 19.5 Å². The zero-order valence-corrected chi connectivity index (χ0v) is 18.4. The Bertz CT molecular complexity index is 1170. The molecule has 3 aromatic carbocycles. The summed E-state index contributed by atoms with van der Waals surface area (Å²) >= 11 is 0. The Kier molecular flexibility index (Phi) is 7.23. The number of amides is 2. The van der Waals surface area contributed by atoms with Crippen LogP contribution in [0.1, 0.15) is 37.4 Å². The highest BCUT2D eigenvalue weighted by Crippen LogP contribution is 2.28. The van der Waals surface area contributed by atoms with Crippen molar-refractivity contribution in [1.29, 1.82) is 0 Å². The van der Waals surface area contributed by atoms with Crippen LogP contribution in [0.5, 0.6) is 11.5 Å². The molecule has 0 spiro atoms. The fourth-order valence-corrected chi connectivity index (χ4v) is 3.10. The van der Waals surface area contributed by atoms with Gasteiger partial charge in [0.15, 0.2) is 11.5 Å². The average Bonchev–Trinajstić information content (AvgIpc) is 2.79. The second-order valence-electron chi connectivity index (χ2n) is 7.19. The van der Waals surface area contributed by atoms with Gasteiger partial charge in [0, 0.05) is 5.56 Å². The highest BCUT2D eigenvalue weighted by molar-refractivity contribution is 6.09. The molecule has 2 amide bonds. The Morgan fingerprint density at radius 1 is 0.844 bits per heavy atom. The number of rotatable bonds is 7. The SMILES string of the molecule is COc1ccc(C(=O)Nc2ccc(C)cc2C(=O)NN=Cc2cccc(C)c2)cc1OC. The molecule has 0 saturated heterocycles. The van der Waals surface area contributed by atoms with Crippen LogP contribution < -0.4 is 20.2 Å². The van der Waals surface area contributed by atoms with E-state index in [4.69, 9.17) is 9.47 Å². The Balaban J connectivity index is 1.78. The van der Waals surface area contributed by atoms with Gasteiger partial charge in [-0.1, -0.05) is 41.5 Å². The number of benzene rings is 3. The predicted octanol–water partition coefficient (Wildman–Crippen LogP) is 4.34. The van der Waals surface area contributed by atoms with Crippen LogP contribution in [0.25, 0.3) is 0 Å². The maximum Gasteiger partial charge on any atom is 0.273 e. The van der Waals surface area contributed by atoms with Crippen LogP contribution in [0, 0.1) is 13.8 Å². The van der Waals surface area contributed by atoms with Crippen molar-refractivity contribution in [3.8, 4) is 11.5 Å². The summed E-state index contributed by atoms with van der Waals surface area (Å²) in [5, 5.41) is 6.83. The molecule has 164 valence electrons. The zero-order chi connectivity index (χ0) is 23.1. The van der Waals surface area contributed by atoms with E-state index >= 15 is 0 Å². The van der Waals surface area contributed by atoms with Gasteiger partial charge in [-0.05, 0) is 49.7 Å². The smallest absolute Gasteiger partial charge is 0.273 e. The summed E-state index contributed by atoms with van der Waals surface area (Å²) in [7, 11) is 3.02. The van der Waals surface area contributed by atoms with Crippen molar-refractivity contribution in [3.05, 3.63) is 88.5 Å². The predicted molar refractivity (Wildman–Crippen MR) is 125 cm³/mol. The fraction of sp³-hybridized carbons (Fsp3) is 0.160. The Morgan fingerprint density at radius 2 is 1.59 bits per heavy atom. The van der Waals surface area contributed by atoms with Crippen LogP contribution in [-0.4, -0.2) is 32.2 Å². The minimum absolute atomic E-state index is 0.306. The molecule has 0 bridgehead atoms. The third-order valence-corrected chi connectivity index (χ3v) is 4.74. The van der Waals surface area contributed by atoms with Crippen molar-refractivity contribution in [3.63, 3.8) is 0 Å². The van der Waals surface area contributed by atoms with Crippen molar-refractivity contribution >= 4 is 23.7 Å². The molecule has 3 aromatic rings. The summed E-state index contributed by atoms with van der Waals surface area (Å²) in [6.07, 6.45) is 1.57. The molecule has 0 saturated carbocycles. The molecule has 0 radical (unpaired) electrons. The van der Waals surface area contributed by atoms with Crippen LogP contribution >= 0.6 is 0 Å². The number of methoxy groups -OCH3 is 2. The van der Waals surface area contributed by atoms with E-state index in [0.717, 1.165) is 16.7 Å². The second kappa shape index (κ2) is 10.3. The second-order valence-corrected chi connectivity index (χ2v) is 7.19. The standard InChI is InChI=1S/C25H25N3O4/c1-16-6-5-7-18(12-16)15-26-28-25(30)20-13-17(2)8-10-21(20)27-24(29)19-9-11-22(31-3)23(14-19)32-4/h5-15H,1-4H3,(H,27,29)(H,28,30). The van der Waals surface area contributed by atoms with Crippen LogP contribution in [0.2, 0.25) is 0 Å². The zero-order valence-electron chi connectivity index (χ0n) is 18.4. The van der Waals surface area contributed by atoms with Crippen LogP contribution in [-0.2, 0) is 0 Å². The summed E-state index contributed by atoms with van der Waals surface area (Å²) < 4.78 is 10.5. The molecule has 0 heterocycles. The van der Waals surface area contributed by atoms with Gasteiger partial charge in [-0.25, -0.2) is 5.43 Å². The topological polar surface area (TPSA) is 89.0 Å². The lowest BCUT2D eigenvalue weighted by Gasteiger charge is -2.13. The Hall–Kier alpha value is -4.13. The first-order valence-corrected chi connectivity index (χ1v) is 9.95. The van der Waals surface area contributed by atoms with Crippen molar-refractivity contribution in [1.82, 2.24) is 5.43 Å². The van der Waals surface area contributed by atoms with Crippen LogP contribution in [0.3, 0.4) is 0 Å². The van der Waals surface area contributed by atoms with E-state index in [0.29, 0.717) is 28.3 Å². The molecule has 0 unspecified atom stereocenters. The minimum atomic E-state index is -0.430. The number of nitrogens with one attached hydrogen (secondary N) is 2. The lowest BCUT2D eigenvalue weighted by molar-refractivity contribution is 0.0956. The molecule has 0 aliphatic rings. The number of carbonyl (C=O) groups excluding carboxylic acids is 2. The molecule has 2 N–H and O–H groups in total. The lowest BCUT2D eigenvalue weighted by atomic mass is 10.1.